The first-order chi connectivity index (χ1) is 5.70. The van der Waals surface area contributed by atoms with Gasteiger partial charge in [0, 0.05) is 19.6 Å². The smallest absolute Gasteiger partial charge is 0.334 e. The molecule has 1 heterocycles. The third-order valence-electron chi connectivity index (χ3n) is 2.41. The second-order valence-corrected chi connectivity index (χ2v) is 7.08. The molecule has 4 heteroatoms. The lowest BCUT2D eigenvalue weighted by Crippen LogP contribution is -2.41. The molecule has 0 aliphatic carbocycles. The summed E-state index contributed by atoms with van der Waals surface area (Å²) in [6.45, 7) is 6.75. The molecule has 0 bridgehead atoms. The van der Waals surface area contributed by atoms with Crippen LogP contribution in [0.3, 0.4) is 0 Å². The van der Waals surface area contributed by atoms with Crippen molar-refractivity contribution < 1.29 is 13.6 Å². The van der Waals surface area contributed by atoms with Crippen LogP contribution < -0.4 is 0 Å². The van der Waals surface area contributed by atoms with Crippen LogP contribution in [0.1, 0.15) is 6.92 Å². The Morgan fingerprint density at radius 1 is 1.50 bits per heavy atom. The lowest BCUT2D eigenvalue weighted by atomic mass is 10.1. The molecule has 0 saturated carbocycles. The molecule has 1 unspecified atom stereocenters. The van der Waals surface area contributed by atoms with E-state index in [2.05, 4.69) is 13.5 Å². The van der Waals surface area contributed by atoms with E-state index < -0.39 is 8.56 Å². The third kappa shape index (κ3) is 2.55. The van der Waals surface area contributed by atoms with Crippen molar-refractivity contribution in [3.63, 3.8) is 0 Å². The van der Waals surface area contributed by atoms with E-state index >= 15 is 0 Å². The van der Waals surface area contributed by atoms with Crippen molar-refractivity contribution in [1.29, 1.82) is 0 Å². The summed E-state index contributed by atoms with van der Waals surface area (Å²) < 4.78 is 16.2. The fourth-order valence-corrected chi connectivity index (χ4v) is 2.18. The summed E-state index contributed by atoms with van der Waals surface area (Å²) in [4.78, 5) is 0. The minimum Gasteiger partial charge on any atom is -0.398 e. The van der Waals surface area contributed by atoms with Gasteiger partial charge in [0.1, 0.15) is 0 Å². The molecule has 0 amide bonds. The van der Waals surface area contributed by atoms with Gasteiger partial charge in [0.05, 0.1) is 13.2 Å². The van der Waals surface area contributed by atoms with E-state index in [-0.39, 0.29) is 0 Å². The maximum atomic E-state index is 5.77. The van der Waals surface area contributed by atoms with Crippen molar-refractivity contribution in [2.75, 3.05) is 26.9 Å². The Balaban J connectivity index is 2.17. The Morgan fingerprint density at radius 2 is 2.17 bits per heavy atom. The molecule has 0 aromatic heterocycles. The van der Waals surface area contributed by atoms with Crippen LogP contribution in [0.25, 0.3) is 0 Å². The fourth-order valence-electron chi connectivity index (χ4n) is 0.980. The fraction of sp³-hybridized carbons (Fsp3) is 1.00. The lowest BCUT2D eigenvalue weighted by molar-refractivity contribution is -0.0557. The number of rotatable bonds is 5. The highest BCUT2D eigenvalue weighted by molar-refractivity contribution is 6.65. The predicted octanol–water partition coefficient (Wildman–Crippen LogP) is 1.39. The van der Waals surface area contributed by atoms with Gasteiger partial charge in [0.15, 0.2) is 0 Å². The van der Waals surface area contributed by atoms with E-state index in [1.165, 1.54) is 0 Å². The minimum atomic E-state index is -1.80. The standard InChI is InChI=1S/C8H18O3Si/c1-4-12(3,9-2)11-7-8-5-10-6-8/h8H,4-7H2,1-3H3. The van der Waals surface area contributed by atoms with Gasteiger partial charge in [-0.2, -0.15) is 0 Å². The zero-order chi connectivity index (χ0) is 9.03. The molecule has 0 radical (unpaired) electrons. The molecule has 0 spiro atoms. The summed E-state index contributed by atoms with van der Waals surface area (Å²) in [5.41, 5.74) is 0. The summed E-state index contributed by atoms with van der Waals surface area (Å²) >= 11 is 0. The molecule has 72 valence electrons. The minimum absolute atomic E-state index is 0.610. The first-order valence-electron chi connectivity index (χ1n) is 4.47. The molecular weight excluding hydrogens is 172 g/mol. The van der Waals surface area contributed by atoms with Crippen LogP contribution in [0.5, 0.6) is 0 Å². The normalized spacial score (nSPS) is 23.2. The topological polar surface area (TPSA) is 27.7 Å². The Labute approximate surface area is 75.3 Å². The van der Waals surface area contributed by atoms with Crippen molar-refractivity contribution in [2.45, 2.75) is 19.5 Å². The average molecular weight is 190 g/mol. The van der Waals surface area contributed by atoms with Gasteiger partial charge in [0.2, 0.25) is 0 Å². The molecule has 1 aliphatic rings. The number of ether oxygens (including phenoxy) is 1. The lowest BCUT2D eigenvalue weighted by Gasteiger charge is -2.30. The van der Waals surface area contributed by atoms with E-state index in [9.17, 15) is 0 Å². The number of hydrogen-bond donors (Lipinski definition) is 0. The monoisotopic (exact) mass is 190 g/mol. The van der Waals surface area contributed by atoms with E-state index in [0.29, 0.717) is 5.92 Å². The summed E-state index contributed by atoms with van der Waals surface area (Å²) in [5, 5.41) is 0. The van der Waals surface area contributed by atoms with Crippen molar-refractivity contribution in [1.82, 2.24) is 0 Å². The number of hydrogen-bond acceptors (Lipinski definition) is 3. The van der Waals surface area contributed by atoms with Crippen LogP contribution in [0.15, 0.2) is 0 Å². The molecule has 1 saturated heterocycles. The largest absolute Gasteiger partial charge is 0.398 e. The van der Waals surface area contributed by atoms with Gasteiger partial charge in [0.25, 0.3) is 0 Å². The van der Waals surface area contributed by atoms with Crippen LogP contribution in [-0.4, -0.2) is 35.5 Å². The summed E-state index contributed by atoms with van der Waals surface area (Å²) in [6, 6.07) is 1.01. The highest BCUT2D eigenvalue weighted by Crippen LogP contribution is 2.16. The van der Waals surface area contributed by atoms with Crippen LogP contribution >= 0.6 is 0 Å². The molecule has 0 N–H and O–H groups in total. The Morgan fingerprint density at radius 3 is 2.50 bits per heavy atom. The van der Waals surface area contributed by atoms with Gasteiger partial charge in [-0.05, 0) is 12.6 Å². The van der Waals surface area contributed by atoms with Gasteiger partial charge in [-0.15, -0.1) is 0 Å². The van der Waals surface area contributed by atoms with Gasteiger partial charge in [-0.1, -0.05) is 6.92 Å². The van der Waals surface area contributed by atoms with Crippen molar-refractivity contribution in [3.8, 4) is 0 Å². The first-order valence-corrected chi connectivity index (χ1v) is 6.99. The van der Waals surface area contributed by atoms with Crippen LogP contribution in [-0.2, 0) is 13.6 Å². The van der Waals surface area contributed by atoms with Gasteiger partial charge < -0.3 is 13.6 Å². The van der Waals surface area contributed by atoms with Crippen molar-refractivity contribution in [3.05, 3.63) is 0 Å². The van der Waals surface area contributed by atoms with Crippen molar-refractivity contribution >= 4 is 8.56 Å². The maximum Gasteiger partial charge on any atom is 0.334 e. The van der Waals surface area contributed by atoms with E-state index in [1.807, 2.05) is 0 Å². The van der Waals surface area contributed by atoms with E-state index in [4.69, 9.17) is 13.6 Å². The van der Waals surface area contributed by atoms with Gasteiger partial charge >= 0.3 is 8.56 Å². The van der Waals surface area contributed by atoms with E-state index in [0.717, 1.165) is 25.9 Å². The van der Waals surface area contributed by atoms with Gasteiger partial charge in [-0.25, -0.2) is 0 Å². The van der Waals surface area contributed by atoms with E-state index in [1.54, 1.807) is 7.11 Å². The predicted molar refractivity (Wildman–Crippen MR) is 49.4 cm³/mol. The highest BCUT2D eigenvalue weighted by atomic mass is 28.4. The third-order valence-corrected chi connectivity index (χ3v) is 5.33. The zero-order valence-electron chi connectivity index (χ0n) is 8.13. The summed E-state index contributed by atoms with van der Waals surface area (Å²) in [7, 11) is -0.0550. The van der Waals surface area contributed by atoms with Crippen LogP contribution in [0, 0.1) is 5.92 Å². The molecule has 1 aliphatic heterocycles. The summed E-state index contributed by atoms with van der Waals surface area (Å²) in [6.07, 6.45) is 0. The summed E-state index contributed by atoms with van der Waals surface area (Å²) in [5.74, 6) is 0.610. The Kier molecular flexibility index (Phi) is 3.70. The SMILES string of the molecule is CC[Si](C)(OC)OCC1COC1. The first kappa shape index (κ1) is 10.2. The highest BCUT2D eigenvalue weighted by Gasteiger charge is 2.30. The van der Waals surface area contributed by atoms with Gasteiger partial charge in [-0.3, -0.25) is 0 Å². The molecule has 1 atom stereocenters. The molecule has 1 rings (SSSR count). The van der Waals surface area contributed by atoms with Crippen molar-refractivity contribution in [2.24, 2.45) is 5.92 Å². The second-order valence-electron chi connectivity index (χ2n) is 3.41. The molecule has 0 aromatic rings. The van der Waals surface area contributed by atoms with Crippen LogP contribution in [0.4, 0.5) is 0 Å². The molecule has 12 heavy (non-hydrogen) atoms. The second kappa shape index (κ2) is 4.37. The molecule has 0 aromatic carbocycles. The average Bonchev–Trinajstić information content (AvgIpc) is 2.01. The Hall–Kier alpha value is 0.0969. The molecular formula is C8H18O3Si. The quantitative estimate of drug-likeness (QED) is 0.613. The molecule has 1 fully saturated rings. The zero-order valence-corrected chi connectivity index (χ0v) is 9.13. The Bertz CT molecular complexity index is 132. The van der Waals surface area contributed by atoms with Crippen LogP contribution in [0.2, 0.25) is 12.6 Å². The maximum absolute atomic E-state index is 5.77. The molecule has 3 nitrogen and oxygen atoms in total.